The number of nitrogens with zero attached hydrogens (tertiary/aromatic N) is 1. The van der Waals surface area contributed by atoms with Crippen LogP contribution in [0.4, 0.5) is 0 Å². The predicted octanol–water partition coefficient (Wildman–Crippen LogP) is 3.93. The molecule has 0 spiro atoms. The molecule has 2 aromatic rings. The summed E-state index contributed by atoms with van der Waals surface area (Å²) in [6, 6.07) is 7.98. The molecular weight excluding hydrogens is 362 g/mol. The fourth-order valence-corrected chi connectivity index (χ4v) is 4.97. The normalized spacial score (nSPS) is 12.0. The number of rotatable bonds is 11. The molecule has 26 heavy (non-hydrogen) atoms. The second-order valence-corrected chi connectivity index (χ2v) is 7.98. The van der Waals surface area contributed by atoms with Crippen LogP contribution in [0.2, 0.25) is 0 Å². The smallest absolute Gasteiger partial charge is 0.234 e. The third-order valence-corrected chi connectivity index (χ3v) is 6.45. The van der Waals surface area contributed by atoms with Crippen molar-refractivity contribution in [3.8, 4) is 0 Å². The Bertz CT molecular complexity index is 686. The molecule has 0 saturated heterocycles. The van der Waals surface area contributed by atoms with Gasteiger partial charge in [0.05, 0.1) is 0 Å². The summed E-state index contributed by atoms with van der Waals surface area (Å²) in [5.74, 6) is -0.288. The van der Waals surface area contributed by atoms with Crippen LogP contribution in [-0.4, -0.2) is 30.4 Å². The van der Waals surface area contributed by atoms with Crippen molar-refractivity contribution in [1.82, 2.24) is 10.2 Å². The number of primary amides is 1. The summed E-state index contributed by atoms with van der Waals surface area (Å²) in [5, 5.41) is 7.29. The summed E-state index contributed by atoms with van der Waals surface area (Å²) >= 11 is 3.18. The van der Waals surface area contributed by atoms with Gasteiger partial charge in [-0.25, -0.2) is 0 Å². The van der Waals surface area contributed by atoms with E-state index in [1.165, 1.54) is 0 Å². The number of allylic oxidation sites excluding steroid dienone is 1. The van der Waals surface area contributed by atoms with Crippen molar-refractivity contribution < 1.29 is 4.79 Å². The third-order valence-electron chi connectivity index (χ3n) is 4.39. The van der Waals surface area contributed by atoms with Crippen molar-refractivity contribution in [3.63, 3.8) is 0 Å². The fourth-order valence-electron chi connectivity index (χ4n) is 2.95. The van der Waals surface area contributed by atoms with Crippen LogP contribution in [-0.2, 0) is 10.2 Å². The van der Waals surface area contributed by atoms with Gasteiger partial charge in [0, 0.05) is 41.3 Å². The maximum Gasteiger partial charge on any atom is 0.234 e. The molecule has 6 heteroatoms. The van der Waals surface area contributed by atoms with Gasteiger partial charge in [-0.3, -0.25) is 4.79 Å². The number of nitrogens with two attached hydrogens (primary N) is 1. The lowest BCUT2D eigenvalue weighted by molar-refractivity contribution is -0.122. The molecular formula is C20H27N3OS2. The van der Waals surface area contributed by atoms with Crippen LogP contribution in [0.25, 0.3) is 0 Å². The molecule has 0 aliphatic heterocycles. The Morgan fingerprint density at radius 2 is 1.92 bits per heavy atom. The van der Waals surface area contributed by atoms with Crippen molar-refractivity contribution in [2.45, 2.75) is 25.7 Å². The molecule has 0 aromatic carbocycles. The molecule has 0 aliphatic rings. The average Bonchev–Trinajstić information content (AvgIpc) is 3.33. The molecule has 0 radical (unpaired) electrons. The van der Waals surface area contributed by atoms with E-state index < -0.39 is 5.41 Å². The van der Waals surface area contributed by atoms with Crippen LogP contribution >= 0.6 is 22.7 Å². The first-order chi connectivity index (χ1) is 12.5. The zero-order chi connectivity index (χ0) is 19.0. The van der Waals surface area contributed by atoms with Crippen LogP contribution in [0.3, 0.4) is 0 Å². The van der Waals surface area contributed by atoms with Crippen LogP contribution in [0.5, 0.6) is 0 Å². The summed E-state index contributed by atoms with van der Waals surface area (Å²) in [5.41, 5.74) is 6.27. The van der Waals surface area contributed by atoms with Gasteiger partial charge in [-0.15, -0.1) is 29.3 Å². The predicted molar refractivity (Wildman–Crippen MR) is 112 cm³/mol. The molecule has 0 bridgehead atoms. The Hall–Kier alpha value is -2.05. The van der Waals surface area contributed by atoms with E-state index in [1.54, 1.807) is 22.7 Å². The molecule has 0 unspecified atom stereocenters. The molecule has 4 nitrogen and oxygen atoms in total. The van der Waals surface area contributed by atoms with Crippen LogP contribution in [0, 0.1) is 0 Å². The lowest BCUT2D eigenvalue weighted by Crippen LogP contribution is -2.43. The molecule has 2 aromatic heterocycles. The Morgan fingerprint density at radius 1 is 1.31 bits per heavy atom. The molecule has 1 amide bonds. The lowest BCUT2D eigenvalue weighted by Gasteiger charge is -2.31. The molecule has 2 rings (SSSR count). The van der Waals surface area contributed by atoms with Gasteiger partial charge in [0.25, 0.3) is 0 Å². The highest BCUT2D eigenvalue weighted by atomic mass is 32.1. The number of amides is 1. The topological polar surface area (TPSA) is 58.4 Å². The number of hydrogen-bond donors (Lipinski definition) is 2. The highest BCUT2D eigenvalue weighted by Gasteiger charge is 2.42. The van der Waals surface area contributed by atoms with Crippen molar-refractivity contribution >= 4 is 28.6 Å². The highest BCUT2D eigenvalue weighted by Crippen LogP contribution is 2.40. The SMILES string of the molecule is C=CCN/C(C)=C\N(CC)CCC(C(N)=O)(c1cccs1)c1cccs1. The minimum atomic E-state index is -0.772. The first kappa shape index (κ1) is 20.3. The monoisotopic (exact) mass is 389 g/mol. The van der Waals surface area contributed by atoms with Gasteiger partial charge in [0.15, 0.2) is 0 Å². The van der Waals surface area contributed by atoms with Gasteiger partial charge in [0.2, 0.25) is 5.91 Å². The minimum Gasteiger partial charge on any atom is -0.384 e. The molecule has 140 valence electrons. The largest absolute Gasteiger partial charge is 0.384 e. The van der Waals surface area contributed by atoms with Crippen LogP contribution in [0.15, 0.2) is 59.6 Å². The third kappa shape index (κ3) is 4.56. The summed E-state index contributed by atoms with van der Waals surface area (Å²) in [6.45, 7) is 10.2. The maximum absolute atomic E-state index is 12.7. The number of carbonyl (C=O) groups is 1. The van der Waals surface area contributed by atoms with Crippen LogP contribution < -0.4 is 11.1 Å². The number of carbonyl (C=O) groups excluding carboxylic acids is 1. The van der Waals surface area contributed by atoms with Crippen molar-refractivity contribution in [2.75, 3.05) is 19.6 Å². The van der Waals surface area contributed by atoms with Gasteiger partial charge in [-0.1, -0.05) is 18.2 Å². The second kappa shape index (κ2) is 9.59. The molecule has 0 atom stereocenters. The number of hydrogen-bond acceptors (Lipinski definition) is 5. The Morgan fingerprint density at radius 3 is 2.35 bits per heavy atom. The number of thiophene rings is 2. The van der Waals surface area contributed by atoms with E-state index in [0.29, 0.717) is 6.42 Å². The zero-order valence-electron chi connectivity index (χ0n) is 15.4. The Kier molecular flexibility index (Phi) is 7.48. The molecule has 0 fully saturated rings. The molecule has 2 heterocycles. The van der Waals surface area contributed by atoms with Gasteiger partial charge in [-0.2, -0.15) is 0 Å². The quantitative estimate of drug-likeness (QED) is 0.573. The van der Waals surface area contributed by atoms with Gasteiger partial charge >= 0.3 is 0 Å². The van der Waals surface area contributed by atoms with Gasteiger partial charge in [0.1, 0.15) is 5.41 Å². The molecule has 0 aliphatic carbocycles. The lowest BCUT2D eigenvalue weighted by atomic mass is 9.80. The standard InChI is InChI=1S/C20H27N3OS2/c1-4-11-22-16(3)15-23(5-2)12-10-20(19(21)24,17-8-6-13-25-17)18-9-7-14-26-18/h4,6-9,13-15,22H,1,5,10-12H2,2-3H3,(H2,21,24)/b16-15-. The van der Waals surface area contributed by atoms with E-state index >= 15 is 0 Å². The maximum atomic E-state index is 12.7. The van der Waals surface area contributed by atoms with E-state index in [2.05, 4.69) is 29.9 Å². The van der Waals surface area contributed by atoms with E-state index in [0.717, 1.165) is 35.1 Å². The van der Waals surface area contributed by atoms with E-state index in [-0.39, 0.29) is 5.91 Å². The highest BCUT2D eigenvalue weighted by molar-refractivity contribution is 7.12. The van der Waals surface area contributed by atoms with Gasteiger partial charge < -0.3 is 16.0 Å². The molecule has 0 saturated carbocycles. The Balaban J connectivity index is 2.27. The zero-order valence-corrected chi connectivity index (χ0v) is 17.0. The van der Waals surface area contributed by atoms with Gasteiger partial charge in [-0.05, 0) is 43.2 Å². The Labute approximate surface area is 164 Å². The summed E-state index contributed by atoms with van der Waals surface area (Å²) in [7, 11) is 0. The molecule has 3 N–H and O–H groups in total. The fraction of sp³-hybridized carbons (Fsp3) is 0.350. The first-order valence-corrected chi connectivity index (χ1v) is 10.5. The van der Waals surface area contributed by atoms with E-state index in [1.807, 2.05) is 48.0 Å². The summed E-state index contributed by atoms with van der Waals surface area (Å²) in [4.78, 5) is 16.9. The summed E-state index contributed by atoms with van der Waals surface area (Å²) in [6.07, 6.45) is 4.57. The first-order valence-electron chi connectivity index (χ1n) is 8.69. The van der Waals surface area contributed by atoms with Crippen molar-refractivity contribution in [2.24, 2.45) is 5.73 Å². The van der Waals surface area contributed by atoms with Crippen LogP contribution in [0.1, 0.15) is 30.0 Å². The van der Waals surface area contributed by atoms with E-state index in [9.17, 15) is 4.79 Å². The minimum absolute atomic E-state index is 0.288. The van der Waals surface area contributed by atoms with Crippen molar-refractivity contribution in [3.05, 3.63) is 69.3 Å². The second-order valence-electron chi connectivity index (χ2n) is 6.08. The summed E-state index contributed by atoms with van der Waals surface area (Å²) < 4.78 is 0. The van der Waals surface area contributed by atoms with Crippen molar-refractivity contribution in [1.29, 1.82) is 0 Å². The number of nitrogens with one attached hydrogen (secondary N) is 1. The van der Waals surface area contributed by atoms with E-state index in [4.69, 9.17) is 5.73 Å². The average molecular weight is 390 g/mol.